The first-order chi connectivity index (χ1) is 8.22. The fourth-order valence-corrected chi connectivity index (χ4v) is 2.31. The van der Waals surface area contributed by atoms with Gasteiger partial charge in [0.15, 0.2) is 0 Å². The highest BCUT2D eigenvalue weighted by atomic mass is 16.5. The summed E-state index contributed by atoms with van der Waals surface area (Å²) in [4.78, 5) is 2.36. The van der Waals surface area contributed by atoms with E-state index in [4.69, 9.17) is 4.74 Å². The van der Waals surface area contributed by atoms with E-state index in [0.29, 0.717) is 6.04 Å². The zero-order valence-electron chi connectivity index (χ0n) is 11.0. The topological polar surface area (TPSA) is 24.5 Å². The van der Waals surface area contributed by atoms with E-state index in [0.717, 1.165) is 18.9 Å². The van der Waals surface area contributed by atoms with Crippen molar-refractivity contribution in [1.82, 2.24) is 5.32 Å². The van der Waals surface area contributed by atoms with Crippen molar-refractivity contribution in [3.63, 3.8) is 0 Å². The fraction of sp³-hybridized carbons (Fsp3) is 0.571. The van der Waals surface area contributed by atoms with Gasteiger partial charge in [0.2, 0.25) is 0 Å². The number of rotatable bonds is 4. The van der Waals surface area contributed by atoms with Crippen LogP contribution in [0.25, 0.3) is 0 Å². The lowest BCUT2D eigenvalue weighted by atomic mass is 10.1. The van der Waals surface area contributed by atoms with Gasteiger partial charge in [-0.25, -0.2) is 0 Å². The van der Waals surface area contributed by atoms with E-state index in [-0.39, 0.29) is 0 Å². The molecule has 1 heterocycles. The molecule has 1 aromatic carbocycles. The molecular weight excluding hydrogens is 212 g/mol. The van der Waals surface area contributed by atoms with Gasteiger partial charge in [0.05, 0.1) is 11.7 Å². The third kappa shape index (κ3) is 2.72. The molecule has 0 aromatic heterocycles. The lowest BCUT2D eigenvalue weighted by Crippen LogP contribution is -2.40. The molecule has 0 bridgehead atoms. The molecule has 1 aliphatic rings. The Morgan fingerprint density at radius 3 is 3.06 bits per heavy atom. The van der Waals surface area contributed by atoms with E-state index in [1.165, 1.54) is 24.1 Å². The second-order valence-electron chi connectivity index (χ2n) is 4.79. The average molecular weight is 234 g/mol. The third-order valence-corrected chi connectivity index (χ3v) is 3.44. The first-order valence-corrected chi connectivity index (χ1v) is 6.33. The van der Waals surface area contributed by atoms with Crippen LogP contribution in [0.2, 0.25) is 0 Å². The summed E-state index contributed by atoms with van der Waals surface area (Å²) >= 11 is 0. The smallest absolute Gasteiger partial charge is 0.142 e. The summed E-state index contributed by atoms with van der Waals surface area (Å²) in [5.41, 5.74) is 2.47. The van der Waals surface area contributed by atoms with Crippen molar-refractivity contribution in [1.29, 1.82) is 0 Å². The van der Waals surface area contributed by atoms with Crippen molar-refractivity contribution in [2.45, 2.75) is 25.8 Å². The molecule has 1 unspecified atom stereocenters. The van der Waals surface area contributed by atoms with Crippen molar-refractivity contribution >= 4 is 5.69 Å². The van der Waals surface area contributed by atoms with Crippen molar-refractivity contribution in [2.24, 2.45) is 0 Å². The fourth-order valence-electron chi connectivity index (χ4n) is 2.31. The number of nitrogens with one attached hydrogen (secondary N) is 1. The van der Waals surface area contributed by atoms with Crippen molar-refractivity contribution < 1.29 is 4.74 Å². The standard InChI is InChI=1S/C14H22N2O/c1-11-6-7-13-14(9-11)17-10-12(16(13)3)5-4-8-15-2/h6-7,9,12,15H,4-5,8,10H2,1-3H3. The summed E-state index contributed by atoms with van der Waals surface area (Å²) in [6, 6.07) is 6.93. The van der Waals surface area contributed by atoms with Crippen molar-refractivity contribution in [3.05, 3.63) is 23.8 Å². The van der Waals surface area contributed by atoms with Crippen molar-refractivity contribution in [3.8, 4) is 5.75 Å². The maximum Gasteiger partial charge on any atom is 0.142 e. The van der Waals surface area contributed by atoms with Gasteiger partial charge in [-0.3, -0.25) is 0 Å². The predicted octanol–water partition coefficient (Wildman–Crippen LogP) is 2.19. The normalized spacial score (nSPS) is 18.8. The minimum atomic E-state index is 0.499. The van der Waals surface area contributed by atoms with Crippen LogP contribution in [0.5, 0.6) is 5.75 Å². The minimum absolute atomic E-state index is 0.499. The lowest BCUT2D eigenvalue weighted by molar-refractivity contribution is 0.258. The van der Waals surface area contributed by atoms with Gasteiger partial charge in [-0.2, -0.15) is 0 Å². The maximum atomic E-state index is 5.86. The number of benzene rings is 1. The van der Waals surface area contributed by atoms with Gasteiger partial charge < -0.3 is 15.0 Å². The molecule has 0 amide bonds. The summed E-state index contributed by atoms with van der Waals surface area (Å²) < 4.78 is 5.86. The predicted molar refractivity (Wildman–Crippen MR) is 72.0 cm³/mol. The highest BCUT2D eigenvalue weighted by Gasteiger charge is 2.23. The number of hydrogen-bond acceptors (Lipinski definition) is 3. The number of likely N-dealkylation sites (N-methyl/N-ethyl adjacent to an activating group) is 1. The molecule has 1 atom stereocenters. The van der Waals surface area contributed by atoms with Gasteiger partial charge in [0, 0.05) is 7.05 Å². The van der Waals surface area contributed by atoms with Crippen LogP contribution in [0.15, 0.2) is 18.2 Å². The summed E-state index contributed by atoms with van der Waals surface area (Å²) in [6.07, 6.45) is 2.36. The maximum absolute atomic E-state index is 5.86. The van der Waals surface area contributed by atoms with Crippen LogP contribution in [-0.2, 0) is 0 Å². The van der Waals surface area contributed by atoms with E-state index in [2.05, 4.69) is 42.4 Å². The van der Waals surface area contributed by atoms with Gasteiger partial charge in [-0.05, 0) is 51.1 Å². The number of hydrogen-bond donors (Lipinski definition) is 1. The summed E-state index contributed by atoms with van der Waals surface area (Å²) in [5.74, 6) is 1.03. The van der Waals surface area contributed by atoms with Gasteiger partial charge in [0.1, 0.15) is 12.4 Å². The minimum Gasteiger partial charge on any atom is -0.489 e. The van der Waals surface area contributed by atoms with Gasteiger partial charge in [-0.15, -0.1) is 0 Å². The number of anilines is 1. The zero-order chi connectivity index (χ0) is 12.3. The molecule has 1 aromatic rings. The van der Waals surface area contributed by atoms with Crippen LogP contribution < -0.4 is 15.0 Å². The highest BCUT2D eigenvalue weighted by Crippen LogP contribution is 2.34. The molecule has 0 aliphatic carbocycles. The van der Waals surface area contributed by atoms with Crippen LogP contribution in [0.1, 0.15) is 18.4 Å². The monoisotopic (exact) mass is 234 g/mol. The Morgan fingerprint density at radius 1 is 1.47 bits per heavy atom. The van der Waals surface area contributed by atoms with Crippen LogP contribution in [0.3, 0.4) is 0 Å². The molecule has 94 valence electrons. The van der Waals surface area contributed by atoms with E-state index < -0.39 is 0 Å². The molecule has 3 heteroatoms. The Kier molecular flexibility index (Phi) is 3.89. The molecule has 17 heavy (non-hydrogen) atoms. The molecule has 3 nitrogen and oxygen atoms in total. The molecule has 1 N–H and O–H groups in total. The number of aryl methyl sites for hydroxylation is 1. The highest BCUT2D eigenvalue weighted by molar-refractivity contribution is 5.61. The van der Waals surface area contributed by atoms with Crippen LogP contribution in [0, 0.1) is 6.92 Å². The molecule has 1 aliphatic heterocycles. The first kappa shape index (κ1) is 12.2. The van der Waals surface area contributed by atoms with E-state index >= 15 is 0 Å². The van der Waals surface area contributed by atoms with E-state index in [1.54, 1.807) is 0 Å². The van der Waals surface area contributed by atoms with E-state index in [1.807, 2.05) is 7.05 Å². The Balaban J connectivity index is 2.05. The molecule has 0 spiro atoms. The Hall–Kier alpha value is -1.22. The molecule has 0 radical (unpaired) electrons. The molecule has 0 saturated carbocycles. The summed E-state index contributed by atoms with van der Waals surface area (Å²) in [5, 5.41) is 3.19. The molecular formula is C14H22N2O. The Morgan fingerprint density at radius 2 is 2.29 bits per heavy atom. The van der Waals surface area contributed by atoms with Crippen LogP contribution >= 0.6 is 0 Å². The van der Waals surface area contributed by atoms with Crippen LogP contribution in [0.4, 0.5) is 5.69 Å². The van der Waals surface area contributed by atoms with Gasteiger partial charge >= 0.3 is 0 Å². The molecule has 0 fully saturated rings. The second-order valence-corrected chi connectivity index (χ2v) is 4.79. The van der Waals surface area contributed by atoms with Crippen LogP contribution in [-0.4, -0.2) is 33.3 Å². The quantitative estimate of drug-likeness (QED) is 0.808. The van der Waals surface area contributed by atoms with Gasteiger partial charge in [-0.1, -0.05) is 6.07 Å². The summed E-state index contributed by atoms with van der Waals surface area (Å²) in [7, 11) is 4.17. The SMILES string of the molecule is CNCCCC1COc2cc(C)ccc2N1C. The molecule has 2 rings (SSSR count). The average Bonchev–Trinajstić information content (AvgIpc) is 2.32. The largest absolute Gasteiger partial charge is 0.489 e. The van der Waals surface area contributed by atoms with Gasteiger partial charge in [0.25, 0.3) is 0 Å². The first-order valence-electron chi connectivity index (χ1n) is 6.33. The van der Waals surface area contributed by atoms with E-state index in [9.17, 15) is 0 Å². The Labute approximate surface area is 104 Å². The molecule has 0 saturated heterocycles. The third-order valence-electron chi connectivity index (χ3n) is 3.44. The second kappa shape index (κ2) is 5.41. The number of nitrogens with zero attached hydrogens (tertiary/aromatic N) is 1. The zero-order valence-corrected chi connectivity index (χ0v) is 11.0. The van der Waals surface area contributed by atoms with Crippen molar-refractivity contribution in [2.75, 3.05) is 32.1 Å². The number of fused-ring (bicyclic) bond motifs is 1. The Bertz CT molecular complexity index is 378. The number of ether oxygens (including phenoxy) is 1. The summed E-state index contributed by atoms with van der Waals surface area (Å²) in [6.45, 7) is 3.98. The lowest BCUT2D eigenvalue weighted by Gasteiger charge is -2.36.